The van der Waals surface area contributed by atoms with E-state index in [0.29, 0.717) is 10.9 Å². The van der Waals surface area contributed by atoms with Crippen LogP contribution in [0.2, 0.25) is 0 Å². The number of hydrogen-bond acceptors (Lipinski definition) is 4. The smallest absolute Gasteiger partial charge is 0.349 e. The van der Waals surface area contributed by atoms with Gasteiger partial charge in [-0.05, 0) is 42.5 Å². The van der Waals surface area contributed by atoms with Gasteiger partial charge in [0.05, 0.1) is 22.6 Å². The third-order valence-electron chi connectivity index (χ3n) is 5.73. The average Bonchev–Trinajstić information content (AvgIpc) is 3.26. The lowest BCUT2D eigenvalue weighted by Gasteiger charge is -2.14. The van der Waals surface area contributed by atoms with Gasteiger partial charge >= 0.3 is 12.4 Å². The molecule has 3 aromatic carbocycles. The third kappa shape index (κ3) is 5.35. The largest absolute Gasteiger partial charge is 0.416 e. The lowest BCUT2D eigenvalue weighted by molar-refractivity contribution is -0.138. The molecule has 0 aliphatic rings. The van der Waals surface area contributed by atoms with Gasteiger partial charge in [-0.1, -0.05) is 42.1 Å². The molecule has 0 spiro atoms. The Hall–Kier alpha value is -4.26. The molecule has 2 N–H and O–H groups in total. The molecule has 0 atom stereocenters. The molecular weight excluding hydrogens is 546 g/mol. The van der Waals surface area contributed by atoms with Gasteiger partial charge in [0.15, 0.2) is 5.16 Å². The molecule has 2 aromatic heterocycles. The van der Waals surface area contributed by atoms with Crippen LogP contribution in [0, 0.1) is 0 Å². The fourth-order valence-electron chi connectivity index (χ4n) is 3.99. The monoisotopic (exact) mass is 562 g/mol. The molecular formula is C26H16F6N4O2S. The number of carbonyl (C=O) groups is 1. The zero-order chi connectivity index (χ0) is 27.9. The van der Waals surface area contributed by atoms with E-state index in [0.717, 1.165) is 52.7 Å². The summed E-state index contributed by atoms with van der Waals surface area (Å²) in [6.07, 6.45) is -9.27. The van der Waals surface area contributed by atoms with Crippen molar-refractivity contribution in [1.29, 1.82) is 0 Å². The number of nitrogens with zero attached hydrogens (tertiary/aromatic N) is 2. The van der Waals surface area contributed by atoms with Crippen LogP contribution in [0.1, 0.15) is 11.1 Å². The van der Waals surface area contributed by atoms with Crippen LogP contribution in [-0.4, -0.2) is 26.2 Å². The number of hydrogen-bond donors (Lipinski definition) is 2. The Morgan fingerprint density at radius 3 is 2.28 bits per heavy atom. The first kappa shape index (κ1) is 26.4. The number of fused-ring (bicyclic) bond motifs is 3. The number of aromatic nitrogens is 3. The zero-order valence-electron chi connectivity index (χ0n) is 19.5. The van der Waals surface area contributed by atoms with E-state index in [2.05, 4.69) is 15.3 Å². The molecule has 0 saturated heterocycles. The molecule has 200 valence electrons. The highest BCUT2D eigenvalue weighted by Crippen LogP contribution is 2.33. The first-order chi connectivity index (χ1) is 18.4. The van der Waals surface area contributed by atoms with Gasteiger partial charge in [0, 0.05) is 16.6 Å². The highest BCUT2D eigenvalue weighted by Gasteiger charge is 2.32. The highest BCUT2D eigenvalue weighted by molar-refractivity contribution is 7.99. The van der Waals surface area contributed by atoms with E-state index in [1.54, 1.807) is 24.3 Å². The van der Waals surface area contributed by atoms with Crippen LogP contribution in [0.15, 0.2) is 82.7 Å². The number of carbonyl (C=O) groups excluding carboxylic acids is 1. The Balaban J connectivity index is 1.54. The topological polar surface area (TPSA) is 79.8 Å². The van der Waals surface area contributed by atoms with E-state index in [-0.39, 0.29) is 27.6 Å². The summed E-state index contributed by atoms with van der Waals surface area (Å²) < 4.78 is 80.2. The normalized spacial score (nSPS) is 12.3. The molecule has 0 bridgehead atoms. The number of rotatable bonds is 5. The van der Waals surface area contributed by atoms with Crippen molar-refractivity contribution >= 4 is 45.3 Å². The number of alkyl halides is 6. The average molecular weight is 562 g/mol. The Labute approximate surface area is 219 Å². The molecule has 0 aliphatic heterocycles. The molecule has 0 radical (unpaired) electrons. The van der Waals surface area contributed by atoms with Crippen molar-refractivity contribution in [2.75, 3.05) is 11.1 Å². The van der Waals surface area contributed by atoms with Gasteiger partial charge in [-0.3, -0.25) is 14.2 Å². The molecule has 0 saturated carbocycles. The summed E-state index contributed by atoms with van der Waals surface area (Å²) in [7, 11) is 0. The molecule has 39 heavy (non-hydrogen) atoms. The molecule has 5 rings (SSSR count). The van der Waals surface area contributed by atoms with Crippen LogP contribution in [-0.2, 0) is 17.1 Å². The standard InChI is InChI=1S/C26H16F6N4O2S/c27-25(28,29)14-5-3-7-16(11-14)33-20(37)13-39-24-35-21-18-9-1-2-10-19(18)34-22(21)23(38)36(24)17-8-4-6-15(12-17)26(30,31)32/h1-12,34H,13H2,(H,33,37). The molecule has 0 aliphatic carbocycles. The fraction of sp³-hybridized carbons (Fsp3) is 0.115. The summed E-state index contributed by atoms with van der Waals surface area (Å²) in [4.78, 5) is 33.6. The van der Waals surface area contributed by atoms with E-state index >= 15 is 0 Å². The third-order valence-corrected chi connectivity index (χ3v) is 6.67. The second-order valence-electron chi connectivity index (χ2n) is 8.39. The van der Waals surface area contributed by atoms with Gasteiger partial charge in [-0.25, -0.2) is 4.98 Å². The van der Waals surface area contributed by atoms with Crippen molar-refractivity contribution in [3.05, 3.63) is 94.3 Å². The van der Waals surface area contributed by atoms with Gasteiger partial charge in [-0.2, -0.15) is 26.3 Å². The lowest BCUT2D eigenvalue weighted by Crippen LogP contribution is -2.23. The van der Waals surface area contributed by atoms with E-state index in [9.17, 15) is 35.9 Å². The molecule has 0 fully saturated rings. The van der Waals surface area contributed by atoms with Crippen LogP contribution in [0.4, 0.5) is 32.0 Å². The minimum absolute atomic E-state index is 0.0615. The number of amides is 1. The first-order valence-electron chi connectivity index (χ1n) is 11.2. The van der Waals surface area contributed by atoms with Crippen molar-refractivity contribution in [2.45, 2.75) is 17.5 Å². The van der Waals surface area contributed by atoms with Crippen LogP contribution < -0.4 is 10.9 Å². The predicted octanol–water partition coefficient (Wildman–Crippen LogP) is 6.64. The predicted molar refractivity (Wildman–Crippen MR) is 135 cm³/mol. The maximum atomic E-state index is 13.5. The summed E-state index contributed by atoms with van der Waals surface area (Å²) in [5, 5.41) is 2.88. The lowest BCUT2D eigenvalue weighted by atomic mass is 10.2. The molecule has 13 heteroatoms. The van der Waals surface area contributed by atoms with Gasteiger partial charge < -0.3 is 10.3 Å². The van der Waals surface area contributed by atoms with Crippen molar-refractivity contribution in [1.82, 2.24) is 14.5 Å². The van der Waals surface area contributed by atoms with Gasteiger partial charge in [0.2, 0.25) is 5.91 Å². The van der Waals surface area contributed by atoms with E-state index in [1.165, 1.54) is 12.1 Å². The van der Waals surface area contributed by atoms with Crippen LogP contribution >= 0.6 is 11.8 Å². The Kier molecular flexibility index (Phi) is 6.62. The quantitative estimate of drug-likeness (QED) is 0.143. The van der Waals surface area contributed by atoms with Crippen molar-refractivity contribution in [3.63, 3.8) is 0 Å². The first-order valence-corrected chi connectivity index (χ1v) is 12.2. The SMILES string of the molecule is O=C(CSc1nc2c([nH]c3ccccc32)c(=O)n1-c1cccc(C(F)(F)F)c1)Nc1cccc(C(F)(F)F)c1. The van der Waals surface area contributed by atoms with Crippen LogP contribution in [0.5, 0.6) is 0 Å². The molecule has 2 heterocycles. The van der Waals surface area contributed by atoms with Crippen LogP contribution in [0.25, 0.3) is 27.6 Å². The highest BCUT2D eigenvalue weighted by atomic mass is 32.2. The number of para-hydroxylation sites is 1. The van der Waals surface area contributed by atoms with Crippen molar-refractivity contribution in [3.8, 4) is 5.69 Å². The maximum Gasteiger partial charge on any atom is 0.416 e. The van der Waals surface area contributed by atoms with Crippen LogP contribution in [0.3, 0.4) is 0 Å². The molecule has 6 nitrogen and oxygen atoms in total. The number of thioether (sulfide) groups is 1. The minimum atomic E-state index is -4.67. The number of H-pyrrole nitrogens is 1. The van der Waals surface area contributed by atoms with E-state index in [4.69, 9.17) is 0 Å². The van der Waals surface area contributed by atoms with Gasteiger partial charge in [0.1, 0.15) is 11.0 Å². The van der Waals surface area contributed by atoms with Gasteiger partial charge in [0.25, 0.3) is 5.56 Å². The minimum Gasteiger partial charge on any atom is -0.349 e. The van der Waals surface area contributed by atoms with Crippen molar-refractivity contribution < 1.29 is 31.1 Å². The fourth-order valence-corrected chi connectivity index (χ4v) is 4.79. The van der Waals surface area contributed by atoms with Crippen molar-refractivity contribution in [2.24, 2.45) is 0 Å². The molecule has 0 unspecified atom stereocenters. The Morgan fingerprint density at radius 2 is 1.56 bits per heavy atom. The summed E-state index contributed by atoms with van der Waals surface area (Å²) >= 11 is 0.756. The van der Waals surface area contributed by atoms with E-state index < -0.39 is 40.7 Å². The zero-order valence-corrected chi connectivity index (χ0v) is 20.3. The number of aromatic amines is 1. The molecule has 5 aromatic rings. The molecule has 1 amide bonds. The van der Waals surface area contributed by atoms with E-state index in [1.807, 2.05) is 0 Å². The maximum absolute atomic E-state index is 13.5. The summed E-state index contributed by atoms with van der Waals surface area (Å²) in [6, 6.07) is 15.1. The Morgan fingerprint density at radius 1 is 0.897 bits per heavy atom. The second-order valence-corrected chi connectivity index (χ2v) is 9.34. The summed E-state index contributed by atoms with van der Waals surface area (Å²) in [6.45, 7) is 0. The second kappa shape index (κ2) is 9.80. The summed E-state index contributed by atoms with van der Waals surface area (Å²) in [5.74, 6) is -1.10. The van der Waals surface area contributed by atoms with Gasteiger partial charge in [-0.15, -0.1) is 0 Å². The Bertz CT molecular complexity index is 1770. The number of anilines is 1. The summed E-state index contributed by atoms with van der Waals surface area (Å²) in [5.41, 5.74) is -1.92. The number of nitrogens with one attached hydrogen (secondary N) is 2. The number of benzene rings is 3. The number of halogens is 6.